The molecule has 1 nitrogen and oxygen atoms in total. The van der Waals surface area contributed by atoms with Crippen molar-refractivity contribution in [2.24, 2.45) is 5.92 Å². The van der Waals surface area contributed by atoms with Crippen LogP contribution in [0.15, 0.2) is 42.5 Å². The highest BCUT2D eigenvalue weighted by Gasteiger charge is 2.28. The zero-order chi connectivity index (χ0) is 23.2. The van der Waals surface area contributed by atoms with Crippen molar-refractivity contribution in [3.63, 3.8) is 0 Å². The summed E-state index contributed by atoms with van der Waals surface area (Å²) in [4.78, 5) is 0. The molecule has 2 aliphatic carbocycles. The van der Waals surface area contributed by atoms with Crippen LogP contribution in [0.25, 0.3) is 0 Å². The molecule has 1 fully saturated rings. The number of halogens is 2. The Hall–Kier alpha value is -2.16. The van der Waals surface area contributed by atoms with Gasteiger partial charge in [0, 0.05) is 5.56 Å². The van der Waals surface area contributed by atoms with Gasteiger partial charge in [0.15, 0.2) is 0 Å². The molecule has 1 unspecified atom stereocenters. The molecule has 0 bridgehead atoms. The van der Waals surface area contributed by atoms with Gasteiger partial charge in [-0.05, 0) is 117 Å². The van der Waals surface area contributed by atoms with Crippen LogP contribution in [0.3, 0.4) is 0 Å². The molecular formula is C30H38F2O. The molecule has 1 atom stereocenters. The fourth-order valence-electron chi connectivity index (χ4n) is 5.90. The molecule has 2 aliphatic rings. The van der Waals surface area contributed by atoms with Gasteiger partial charge in [-0.3, -0.25) is 0 Å². The monoisotopic (exact) mass is 452 g/mol. The average molecular weight is 453 g/mol. The first-order valence-corrected chi connectivity index (χ1v) is 12.9. The first-order valence-electron chi connectivity index (χ1n) is 12.9. The second kappa shape index (κ2) is 11.3. The molecule has 1 saturated carbocycles. The summed E-state index contributed by atoms with van der Waals surface area (Å²) in [5, 5.41) is 0. The molecule has 0 saturated heterocycles. The van der Waals surface area contributed by atoms with Crippen LogP contribution in [0, 0.1) is 17.6 Å². The molecule has 0 heterocycles. The van der Waals surface area contributed by atoms with Crippen molar-refractivity contribution in [2.75, 3.05) is 6.61 Å². The van der Waals surface area contributed by atoms with Gasteiger partial charge in [-0.15, -0.1) is 0 Å². The molecule has 178 valence electrons. The standard InChI is InChI=1S/C30H38F2O/c1-3-5-6-16-33-27-15-14-23-17-25(13-12-24(23)18-27)30-28(31)19-26(20-29(30)32)22-10-8-21(7-4-2)9-11-22/h3,5,14-15,18-22,25H,4,6-13,16-17H2,1-2H3. The molecule has 0 aromatic heterocycles. The third kappa shape index (κ3) is 5.86. The maximum atomic E-state index is 15.2. The number of aryl methyl sites for hydroxylation is 1. The SMILES string of the molecule is CC=CCCOc1ccc2c(c1)CCC(c1c(F)cc(C3CCC(CCC)CC3)cc1F)C2. The third-order valence-corrected chi connectivity index (χ3v) is 7.72. The van der Waals surface area contributed by atoms with Gasteiger partial charge in [0.2, 0.25) is 0 Å². The Balaban J connectivity index is 1.43. The van der Waals surface area contributed by atoms with E-state index in [4.69, 9.17) is 4.74 Å². The Morgan fingerprint density at radius 3 is 2.39 bits per heavy atom. The molecular weight excluding hydrogens is 414 g/mol. The number of hydrogen-bond acceptors (Lipinski definition) is 1. The molecule has 0 amide bonds. The lowest BCUT2D eigenvalue weighted by atomic mass is 9.76. The van der Waals surface area contributed by atoms with Crippen LogP contribution >= 0.6 is 0 Å². The lowest BCUT2D eigenvalue weighted by molar-refractivity contribution is 0.307. The minimum atomic E-state index is -0.349. The van der Waals surface area contributed by atoms with E-state index < -0.39 is 0 Å². The molecule has 2 aromatic rings. The van der Waals surface area contributed by atoms with Crippen molar-refractivity contribution < 1.29 is 13.5 Å². The van der Waals surface area contributed by atoms with Crippen molar-refractivity contribution in [1.82, 2.24) is 0 Å². The molecule has 0 N–H and O–H groups in total. The van der Waals surface area contributed by atoms with Crippen LogP contribution < -0.4 is 4.74 Å². The van der Waals surface area contributed by atoms with Gasteiger partial charge in [-0.25, -0.2) is 8.78 Å². The smallest absolute Gasteiger partial charge is 0.129 e. The Labute approximate surface area is 198 Å². The second-order valence-electron chi connectivity index (χ2n) is 9.98. The molecule has 0 radical (unpaired) electrons. The van der Waals surface area contributed by atoms with E-state index in [2.05, 4.69) is 25.1 Å². The molecule has 4 rings (SSSR count). The number of ether oxygens (including phenoxy) is 1. The first-order chi connectivity index (χ1) is 16.1. The van der Waals surface area contributed by atoms with Gasteiger partial charge < -0.3 is 4.74 Å². The minimum absolute atomic E-state index is 0.103. The highest BCUT2D eigenvalue weighted by Crippen LogP contribution is 2.41. The summed E-state index contributed by atoms with van der Waals surface area (Å²) in [7, 11) is 0. The van der Waals surface area contributed by atoms with E-state index in [1.54, 1.807) is 12.1 Å². The van der Waals surface area contributed by atoms with E-state index in [1.807, 2.05) is 19.1 Å². The normalized spacial score (nSPS) is 23.0. The summed E-state index contributed by atoms with van der Waals surface area (Å²) < 4.78 is 36.3. The quantitative estimate of drug-likeness (QED) is 0.288. The summed E-state index contributed by atoms with van der Waals surface area (Å²) >= 11 is 0. The molecule has 2 aromatic carbocycles. The van der Waals surface area contributed by atoms with Crippen LogP contribution in [-0.4, -0.2) is 6.61 Å². The lowest BCUT2D eigenvalue weighted by Gasteiger charge is -2.30. The minimum Gasteiger partial charge on any atom is -0.493 e. The van der Waals surface area contributed by atoms with Crippen molar-refractivity contribution in [2.45, 2.75) is 89.9 Å². The van der Waals surface area contributed by atoms with Crippen molar-refractivity contribution in [3.8, 4) is 5.75 Å². The average Bonchev–Trinajstić information content (AvgIpc) is 2.82. The third-order valence-electron chi connectivity index (χ3n) is 7.72. The Kier molecular flexibility index (Phi) is 8.22. The molecule has 0 spiro atoms. The van der Waals surface area contributed by atoms with E-state index in [9.17, 15) is 0 Å². The van der Waals surface area contributed by atoms with Crippen LogP contribution in [-0.2, 0) is 12.8 Å². The Bertz CT molecular complexity index is 933. The highest BCUT2D eigenvalue weighted by atomic mass is 19.1. The lowest BCUT2D eigenvalue weighted by Crippen LogP contribution is -2.17. The van der Waals surface area contributed by atoms with E-state index >= 15 is 8.78 Å². The fourth-order valence-corrected chi connectivity index (χ4v) is 5.90. The maximum absolute atomic E-state index is 15.2. The first kappa shape index (κ1) is 24.0. The van der Waals surface area contributed by atoms with Gasteiger partial charge in [0.25, 0.3) is 0 Å². The van der Waals surface area contributed by atoms with Gasteiger partial charge in [-0.1, -0.05) is 38.0 Å². The fraction of sp³-hybridized carbons (Fsp3) is 0.533. The Morgan fingerprint density at radius 2 is 1.70 bits per heavy atom. The second-order valence-corrected chi connectivity index (χ2v) is 9.98. The molecule has 3 heteroatoms. The summed E-state index contributed by atoms with van der Waals surface area (Å²) in [6, 6.07) is 9.44. The van der Waals surface area contributed by atoms with E-state index in [0.717, 1.165) is 49.3 Å². The van der Waals surface area contributed by atoms with Crippen molar-refractivity contribution in [3.05, 3.63) is 76.4 Å². The van der Waals surface area contributed by atoms with E-state index in [-0.39, 0.29) is 23.1 Å². The van der Waals surface area contributed by atoms with Gasteiger partial charge in [-0.2, -0.15) is 0 Å². The van der Waals surface area contributed by atoms with Crippen LogP contribution in [0.1, 0.15) is 99.3 Å². The van der Waals surface area contributed by atoms with Crippen molar-refractivity contribution in [1.29, 1.82) is 0 Å². The predicted octanol–water partition coefficient (Wildman–Crippen LogP) is 8.66. The van der Waals surface area contributed by atoms with E-state index in [0.29, 0.717) is 18.9 Å². The van der Waals surface area contributed by atoms with Crippen molar-refractivity contribution >= 4 is 0 Å². The summed E-state index contributed by atoms with van der Waals surface area (Å²) in [5.74, 6) is 1.17. The number of benzene rings is 2. The highest BCUT2D eigenvalue weighted by molar-refractivity contribution is 5.41. The van der Waals surface area contributed by atoms with Gasteiger partial charge in [0.1, 0.15) is 17.4 Å². The number of fused-ring (bicyclic) bond motifs is 1. The van der Waals surface area contributed by atoms with Crippen LogP contribution in [0.4, 0.5) is 8.78 Å². The molecule has 0 aliphatic heterocycles. The zero-order valence-corrected chi connectivity index (χ0v) is 20.2. The number of rotatable bonds is 8. The largest absolute Gasteiger partial charge is 0.493 e. The van der Waals surface area contributed by atoms with Crippen LogP contribution in [0.2, 0.25) is 0 Å². The summed E-state index contributed by atoms with van der Waals surface area (Å²) in [6.07, 6.45) is 14.3. The maximum Gasteiger partial charge on any atom is 0.129 e. The predicted molar refractivity (Wildman–Crippen MR) is 132 cm³/mol. The summed E-state index contributed by atoms with van der Waals surface area (Å²) in [5.41, 5.74) is 3.58. The number of allylic oxidation sites excluding steroid dienone is 1. The van der Waals surface area contributed by atoms with Gasteiger partial charge >= 0.3 is 0 Å². The topological polar surface area (TPSA) is 9.23 Å². The van der Waals surface area contributed by atoms with E-state index in [1.165, 1.54) is 36.8 Å². The van der Waals surface area contributed by atoms with Crippen LogP contribution in [0.5, 0.6) is 5.75 Å². The Morgan fingerprint density at radius 1 is 0.939 bits per heavy atom. The number of hydrogen-bond donors (Lipinski definition) is 0. The van der Waals surface area contributed by atoms with Gasteiger partial charge in [0.05, 0.1) is 6.61 Å². The molecule has 33 heavy (non-hydrogen) atoms. The summed E-state index contributed by atoms with van der Waals surface area (Å²) in [6.45, 7) is 4.90. The zero-order valence-electron chi connectivity index (χ0n) is 20.2.